The largest absolute Gasteiger partial charge is 0.497 e. The number of rotatable bonds is 7. The van der Waals surface area contributed by atoms with Gasteiger partial charge >= 0.3 is 0 Å². The van der Waals surface area contributed by atoms with Crippen LogP contribution in [0.2, 0.25) is 0 Å². The second kappa shape index (κ2) is 8.67. The number of ether oxygens (including phenoxy) is 1. The van der Waals surface area contributed by atoms with Crippen molar-refractivity contribution in [2.45, 2.75) is 10.8 Å². The number of amides is 1. The number of hydrogen-bond donors (Lipinski definition) is 0. The van der Waals surface area contributed by atoms with Crippen LogP contribution in [0, 0.1) is 0 Å². The van der Waals surface area contributed by atoms with Crippen LogP contribution in [0.15, 0.2) is 70.3 Å². The van der Waals surface area contributed by atoms with Crippen LogP contribution >= 0.6 is 11.3 Å². The molecule has 0 spiro atoms. The molecule has 1 amide bonds. The van der Waals surface area contributed by atoms with Crippen molar-refractivity contribution in [2.24, 2.45) is 0 Å². The third kappa shape index (κ3) is 4.60. The molecule has 0 radical (unpaired) electrons. The third-order valence-electron chi connectivity index (χ3n) is 4.49. The average molecular weight is 431 g/mol. The summed E-state index contributed by atoms with van der Waals surface area (Å²) in [5, 5.41) is 1.72. The van der Waals surface area contributed by atoms with Crippen LogP contribution in [0.5, 0.6) is 5.75 Å². The molecule has 6 nitrogen and oxygen atoms in total. The molecule has 0 unspecified atom stereocenters. The highest BCUT2D eigenvalue weighted by molar-refractivity contribution is 7.94. The SMILES string of the molecule is COc1cccc(CN(C)C(=O)c2ccc(N(C)S(=O)(=O)c3cccs3)cc2)c1. The lowest BCUT2D eigenvalue weighted by Gasteiger charge is -2.20. The molecule has 0 bridgehead atoms. The van der Waals surface area contributed by atoms with Crippen LogP contribution in [0.4, 0.5) is 5.69 Å². The molecule has 3 rings (SSSR count). The van der Waals surface area contributed by atoms with Crippen molar-refractivity contribution < 1.29 is 17.9 Å². The van der Waals surface area contributed by atoms with Crippen molar-refractivity contribution in [2.75, 3.05) is 25.5 Å². The molecular weight excluding hydrogens is 408 g/mol. The van der Waals surface area contributed by atoms with Gasteiger partial charge in [-0.2, -0.15) is 0 Å². The fraction of sp³-hybridized carbons (Fsp3) is 0.190. The Labute approximate surface area is 175 Å². The van der Waals surface area contributed by atoms with E-state index in [4.69, 9.17) is 4.74 Å². The first-order valence-electron chi connectivity index (χ1n) is 8.84. The quantitative estimate of drug-likeness (QED) is 0.571. The maximum Gasteiger partial charge on any atom is 0.273 e. The first kappa shape index (κ1) is 20.9. The molecule has 0 fully saturated rings. The van der Waals surface area contributed by atoms with E-state index in [0.717, 1.165) is 11.3 Å². The lowest BCUT2D eigenvalue weighted by atomic mass is 10.1. The van der Waals surface area contributed by atoms with Gasteiger partial charge in [-0.25, -0.2) is 8.42 Å². The van der Waals surface area contributed by atoms with E-state index in [0.29, 0.717) is 17.8 Å². The van der Waals surface area contributed by atoms with Gasteiger partial charge in [0.2, 0.25) is 0 Å². The van der Waals surface area contributed by atoms with E-state index in [9.17, 15) is 13.2 Å². The smallest absolute Gasteiger partial charge is 0.273 e. The molecule has 0 N–H and O–H groups in total. The van der Waals surface area contributed by atoms with E-state index in [1.54, 1.807) is 60.8 Å². The lowest BCUT2D eigenvalue weighted by Crippen LogP contribution is -2.27. The van der Waals surface area contributed by atoms with Crippen molar-refractivity contribution in [3.63, 3.8) is 0 Å². The first-order valence-corrected chi connectivity index (χ1v) is 11.2. The normalized spacial score (nSPS) is 11.1. The minimum atomic E-state index is -3.60. The van der Waals surface area contributed by atoms with Gasteiger partial charge in [0, 0.05) is 26.2 Å². The topological polar surface area (TPSA) is 66.9 Å². The number of hydrogen-bond acceptors (Lipinski definition) is 5. The molecule has 0 aliphatic rings. The highest BCUT2D eigenvalue weighted by atomic mass is 32.2. The fourth-order valence-electron chi connectivity index (χ4n) is 2.83. The summed E-state index contributed by atoms with van der Waals surface area (Å²) < 4.78 is 32.0. The molecule has 0 saturated heterocycles. The Morgan fingerprint density at radius 3 is 2.38 bits per heavy atom. The van der Waals surface area contributed by atoms with Gasteiger partial charge in [-0.3, -0.25) is 9.10 Å². The molecule has 0 aliphatic heterocycles. The minimum absolute atomic E-state index is 0.150. The standard InChI is InChI=1S/C21H22N2O4S2/c1-22(15-16-6-4-7-19(14-16)27-3)21(24)17-9-11-18(12-10-17)23(2)29(25,26)20-8-5-13-28-20/h4-14H,15H2,1-3H3. The number of anilines is 1. The molecule has 29 heavy (non-hydrogen) atoms. The van der Waals surface area contributed by atoms with Crippen molar-refractivity contribution in [3.05, 3.63) is 77.2 Å². The van der Waals surface area contributed by atoms with Gasteiger partial charge in [-0.05, 0) is 53.4 Å². The number of methoxy groups -OCH3 is 1. The second-order valence-corrected chi connectivity index (χ2v) is 9.61. The number of benzene rings is 2. The maximum absolute atomic E-state index is 12.7. The zero-order valence-corrected chi connectivity index (χ0v) is 18.0. The third-order valence-corrected chi connectivity index (χ3v) is 7.65. The van der Waals surface area contributed by atoms with Crippen LogP contribution in [-0.2, 0) is 16.6 Å². The predicted molar refractivity (Wildman–Crippen MR) is 115 cm³/mol. The Kier molecular flexibility index (Phi) is 6.24. The highest BCUT2D eigenvalue weighted by Gasteiger charge is 2.22. The Morgan fingerprint density at radius 2 is 1.76 bits per heavy atom. The summed E-state index contributed by atoms with van der Waals surface area (Å²) in [6.45, 7) is 0.435. The Morgan fingerprint density at radius 1 is 1.03 bits per heavy atom. The van der Waals surface area contributed by atoms with Crippen molar-refractivity contribution in [1.29, 1.82) is 0 Å². The predicted octanol–water partition coefficient (Wildman–Crippen LogP) is 3.85. The van der Waals surface area contributed by atoms with Gasteiger partial charge in [-0.1, -0.05) is 18.2 Å². The molecule has 1 heterocycles. The van der Waals surface area contributed by atoms with E-state index in [2.05, 4.69) is 0 Å². The van der Waals surface area contributed by atoms with Crippen LogP contribution in [-0.4, -0.2) is 40.4 Å². The van der Waals surface area contributed by atoms with Crippen LogP contribution in [0.25, 0.3) is 0 Å². The molecule has 0 saturated carbocycles. The number of carbonyl (C=O) groups excluding carboxylic acids is 1. The average Bonchev–Trinajstić information content (AvgIpc) is 3.28. The van der Waals surface area contributed by atoms with Gasteiger partial charge in [0.25, 0.3) is 15.9 Å². The van der Waals surface area contributed by atoms with Crippen molar-refractivity contribution >= 4 is 33.0 Å². The summed E-state index contributed by atoms with van der Waals surface area (Å²) >= 11 is 1.17. The lowest BCUT2D eigenvalue weighted by molar-refractivity contribution is 0.0785. The molecule has 8 heteroatoms. The number of carbonyl (C=O) groups is 1. The Balaban J connectivity index is 1.72. The van der Waals surface area contributed by atoms with Crippen molar-refractivity contribution in [1.82, 2.24) is 4.90 Å². The van der Waals surface area contributed by atoms with Crippen LogP contribution < -0.4 is 9.04 Å². The number of nitrogens with zero attached hydrogens (tertiary/aromatic N) is 2. The number of sulfonamides is 1. The van der Waals surface area contributed by atoms with E-state index in [1.807, 2.05) is 24.3 Å². The van der Waals surface area contributed by atoms with Crippen molar-refractivity contribution in [3.8, 4) is 5.75 Å². The van der Waals surface area contributed by atoms with E-state index < -0.39 is 10.0 Å². The summed E-state index contributed by atoms with van der Waals surface area (Å²) in [4.78, 5) is 14.3. The molecule has 2 aromatic carbocycles. The molecule has 3 aromatic rings. The van der Waals surface area contributed by atoms with Crippen LogP contribution in [0.1, 0.15) is 15.9 Å². The zero-order valence-electron chi connectivity index (χ0n) is 16.4. The monoisotopic (exact) mass is 430 g/mol. The second-order valence-electron chi connectivity index (χ2n) is 6.46. The molecule has 0 atom stereocenters. The van der Waals surface area contributed by atoms with Gasteiger partial charge in [0.15, 0.2) is 0 Å². The highest BCUT2D eigenvalue weighted by Crippen LogP contribution is 2.25. The van der Waals surface area contributed by atoms with E-state index in [-0.39, 0.29) is 10.1 Å². The summed E-state index contributed by atoms with van der Waals surface area (Å²) in [6, 6.07) is 17.4. The van der Waals surface area contributed by atoms with E-state index >= 15 is 0 Å². The summed E-state index contributed by atoms with van der Waals surface area (Å²) in [5.74, 6) is 0.589. The molecule has 0 aliphatic carbocycles. The van der Waals surface area contributed by atoms with Gasteiger partial charge in [0.05, 0.1) is 12.8 Å². The maximum atomic E-state index is 12.7. The van der Waals surface area contributed by atoms with Gasteiger partial charge in [0.1, 0.15) is 9.96 Å². The molecule has 1 aromatic heterocycles. The Bertz CT molecular complexity index is 1080. The van der Waals surface area contributed by atoms with Crippen LogP contribution in [0.3, 0.4) is 0 Å². The number of thiophene rings is 1. The van der Waals surface area contributed by atoms with Gasteiger partial charge in [-0.15, -0.1) is 11.3 Å². The molecular formula is C21H22N2O4S2. The zero-order chi connectivity index (χ0) is 21.0. The minimum Gasteiger partial charge on any atom is -0.497 e. The summed E-state index contributed by atoms with van der Waals surface area (Å²) in [6.07, 6.45) is 0. The summed E-state index contributed by atoms with van der Waals surface area (Å²) in [5.41, 5.74) is 1.94. The summed E-state index contributed by atoms with van der Waals surface area (Å²) in [7, 11) is 1.23. The first-order chi connectivity index (χ1) is 13.8. The fourth-order valence-corrected chi connectivity index (χ4v) is 5.19. The Hall–Kier alpha value is -2.84. The molecule has 152 valence electrons. The van der Waals surface area contributed by atoms with Gasteiger partial charge < -0.3 is 9.64 Å². The van der Waals surface area contributed by atoms with E-state index in [1.165, 1.54) is 22.7 Å².